The van der Waals surface area contributed by atoms with E-state index in [4.69, 9.17) is 0 Å². The highest BCUT2D eigenvalue weighted by atomic mass is 79.9. The molecule has 1 saturated heterocycles. The second kappa shape index (κ2) is 9.04. The van der Waals surface area contributed by atoms with Crippen molar-refractivity contribution >= 4 is 55.8 Å². The standard InChI is InChI=1S/C27H21BrN2O2S/c1-18-6-8-19(9-7-18)15-29-17-21(23-4-2-3-5-24(23)29)14-25-26(31)30(27(32)33-25)16-20-10-12-22(28)13-11-20/h2-14,17H,15-16H2,1H3. The number of hydrogen-bond donors (Lipinski definition) is 0. The first kappa shape index (κ1) is 21.7. The second-order valence-corrected chi connectivity index (χ2v) is 10.0. The van der Waals surface area contributed by atoms with Gasteiger partial charge in [-0.25, -0.2) is 0 Å². The largest absolute Gasteiger partial charge is 0.342 e. The Labute approximate surface area is 205 Å². The molecule has 1 aliphatic rings. The van der Waals surface area contributed by atoms with Gasteiger partial charge in [0.1, 0.15) is 0 Å². The van der Waals surface area contributed by atoms with Crippen molar-refractivity contribution in [1.82, 2.24) is 9.47 Å². The number of carbonyl (C=O) groups excluding carboxylic acids is 2. The molecule has 33 heavy (non-hydrogen) atoms. The summed E-state index contributed by atoms with van der Waals surface area (Å²) in [6.07, 6.45) is 3.91. The molecule has 0 spiro atoms. The summed E-state index contributed by atoms with van der Waals surface area (Å²) in [6.45, 7) is 3.08. The smallest absolute Gasteiger partial charge is 0.293 e. The molecule has 164 valence electrons. The highest BCUT2D eigenvalue weighted by Gasteiger charge is 2.35. The number of nitrogens with zero attached hydrogens (tertiary/aromatic N) is 2. The molecular weight excluding hydrogens is 496 g/mol. The van der Waals surface area contributed by atoms with Crippen molar-refractivity contribution < 1.29 is 9.59 Å². The van der Waals surface area contributed by atoms with E-state index >= 15 is 0 Å². The van der Waals surface area contributed by atoms with Crippen LogP contribution in [0.5, 0.6) is 0 Å². The molecule has 4 nitrogen and oxygen atoms in total. The van der Waals surface area contributed by atoms with Crippen LogP contribution in [0.1, 0.15) is 22.3 Å². The fraction of sp³-hybridized carbons (Fsp3) is 0.111. The maximum absolute atomic E-state index is 13.1. The quantitative estimate of drug-likeness (QED) is 0.268. The van der Waals surface area contributed by atoms with E-state index in [0.29, 0.717) is 4.91 Å². The minimum atomic E-state index is -0.247. The minimum absolute atomic E-state index is 0.238. The number of rotatable bonds is 5. The summed E-state index contributed by atoms with van der Waals surface area (Å²) in [7, 11) is 0. The molecule has 0 N–H and O–H groups in total. The summed E-state index contributed by atoms with van der Waals surface area (Å²) in [5.74, 6) is -0.247. The second-order valence-electron chi connectivity index (χ2n) is 8.11. The lowest BCUT2D eigenvalue weighted by Gasteiger charge is -2.12. The average molecular weight is 517 g/mol. The maximum Gasteiger partial charge on any atom is 0.293 e. The molecule has 4 aromatic rings. The molecule has 0 radical (unpaired) electrons. The molecule has 2 heterocycles. The van der Waals surface area contributed by atoms with E-state index in [0.717, 1.165) is 44.8 Å². The zero-order valence-corrected chi connectivity index (χ0v) is 20.4. The van der Waals surface area contributed by atoms with Gasteiger partial charge in [-0.15, -0.1) is 0 Å². The third-order valence-corrected chi connectivity index (χ3v) is 7.14. The topological polar surface area (TPSA) is 42.3 Å². The number of benzene rings is 3. The van der Waals surface area contributed by atoms with Gasteiger partial charge in [-0.1, -0.05) is 76.1 Å². The molecule has 2 amide bonds. The van der Waals surface area contributed by atoms with E-state index in [9.17, 15) is 9.59 Å². The van der Waals surface area contributed by atoms with Gasteiger partial charge in [-0.3, -0.25) is 14.5 Å². The van der Waals surface area contributed by atoms with Gasteiger partial charge in [0.05, 0.1) is 11.4 Å². The molecule has 0 atom stereocenters. The van der Waals surface area contributed by atoms with Crippen molar-refractivity contribution in [2.75, 3.05) is 0 Å². The Balaban J connectivity index is 1.45. The third kappa shape index (κ3) is 4.54. The Morgan fingerprint density at radius 3 is 2.30 bits per heavy atom. The first-order valence-electron chi connectivity index (χ1n) is 10.6. The number of carbonyl (C=O) groups is 2. The molecule has 5 rings (SSSR count). The van der Waals surface area contributed by atoms with Gasteiger partial charge in [-0.05, 0) is 54.1 Å². The van der Waals surface area contributed by atoms with E-state index in [-0.39, 0.29) is 17.7 Å². The number of thioether (sulfide) groups is 1. The number of aryl methyl sites for hydroxylation is 1. The fourth-order valence-electron chi connectivity index (χ4n) is 3.96. The lowest BCUT2D eigenvalue weighted by atomic mass is 10.1. The van der Waals surface area contributed by atoms with Crippen molar-refractivity contribution in [2.24, 2.45) is 0 Å². The molecule has 1 aromatic heterocycles. The maximum atomic E-state index is 13.1. The number of imide groups is 1. The summed E-state index contributed by atoms with van der Waals surface area (Å²) in [4.78, 5) is 27.4. The van der Waals surface area contributed by atoms with Gasteiger partial charge < -0.3 is 4.57 Å². The number of amides is 2. The number of aromatic nitrogens is 1. The van der Waals surface area contributed by atoms with Crippen LogP contribution in [-0.2, 0) is 17.9 Å². The van der Waals surface area contributed by atoms with Crippen LogP contribution in [0.15, 0.2) is 88.4 Å². The Bertz CT molecular complexity index is 1390. The normalized spacial score (nSPS) is 15.2. The SMILES string of the molecule is Cc1ccc(Cn2cc(C=C3SC(=O)N(Cc4ccc(Br)cc4)C3=O)c3ccccc32)cc1. The zero-order chi connectivity index (χ0) is 22.9. The minimum Gasteiger partial charge on any atom is -0.342 e. The predicted octanol–water partition coefficient (Wildman–Crippen LogP) is 7.00. The Hall–Kier alpha value is -3.09. The molecule has 1 fully saturated rings. The molecule has 3 aromatic carbocycles. The molecule has 0 saturated carbocycles. The number of hydrogen-bond acceptors (Lipinski definition) is 3. The molecule has 6 heteroatoms. The van der Waals surface area contributed by atoms with Crippen LogP contribution in [0.4, 0.5) is 4.79 Å². The van der Waals surface area contributed by atoms with Crippen molar-refractivity contribution in [3.8, 4) is 0 Å². The molecule has 1 aliphatic heterocycles. The van der Waals surface area contributed by atoms with E-state index in [1.807, 2.05) is 42.5 Å². The van der Waals surface area contributed by atoms with E-state index in [2.05, 4.69) is 70.0 Å². The van der Waals surface area contributed by atoms with E-state index in [1.54, 1.807) is 0 Å². The fourth-order valence-corrected chi connectivity index (χ4v) is 5.05. The predicted molar refractivity (Wildman–Crippen MR) is 138 cm³/mol. The van der Waals surface area contributed by atoms with Crippen molar-refractivity contribution in [3.05, 3.63) is 111 Å². The Morgan fingerprint density at radius 2 is 1.55 bits per heavy atom. The summed E-state index contributed by atoms with van der Waals surface area (Å²) in [5.41, 5.74) is 5.39. The van der Waals surface area contributed by atoms with Crippen LogP contribution < -0.4 is 0 Å². The van der Waals surface area contributed by atoms with Crippen LogP contribution in [0.3, 0.4) is 0 Å². The number of halogens is 1. The van der Waals surface area contributed by atoms with Crippen LogP contribution >= 0.6 is 27.7 Å². The summed E-state index contributed by atoms with van der Waals surface area (Å²) >= 11 is 4.41. The van der Waals surface area contributed by atoms with Crippen molar-refractivity contribution in [1.29, 1.82) is 0 Å². The van der Waals surface area contributed by atoms with Crippen LogP contribution in [0.2, 0.25) is 0 Å². The lowest BCUT2D eigenvalue weighted by molar-refractivity contribution is -0.123. The van der Waals surface area contributed by atoms with Crippen LogP contribution in [0.25, 0.3) is 17.0 Å². The first-order valence-corrected chi connectivity index (χ1v) is 12.2. The van der Waals surface area contributed by atoms with Gasteiger partial charge in [-0.2, -0.15) is 0 Å². The van der Waals surface area contributed by atoms with Gasteiger partial charge >= 0.3 is 0 Å². The monoisotopic (exact) mass is 516 g/mol. The van der Waals surface area contributed by atoms with Crippen LogP contribution in [-0.4, -0.2) is 20.6 Å². The van der Waals surface area contributed by atoms with Crippen molar-refractivity contribution in [3.63, 3.8) is 0 Å². The zero-order valence-electron chi connectivity index (χ0n) is 18.0. The average Bonchev–Trinajstić information content (AvgIpc) is 3.29. The summed E-state index contributed by atoms with van der Waals surface area (Å²) < 4.78 is 3.15. The highest BCUT2D eigenvalue weighted by molar-refractivity contribution is 9.10. The van der Waals surface area contributed by atoms with Crippen LogP contribution in [0, 0.1) is 6.92 Å². The summed E-state index contributed by atoms with van der Waals surface area (Å²) in [6, 6.07) is 24.3. The van der Waals surface area contributed by atoms with Gasteiger partial charge in [0.25, 0.3) is 11.1 Å². The molecule has 0 unspecified atom stereocenters. The van der Waals surface area contributed by atoms with E-state index < -0.39 is 0 Å². The van der Waals surface area contributed by atoms with Gasteiger partial charge in [0.2, 0.25) is 0 Å². The van der Waals surface area contributed by atoms with Gasteiger partial charge in [0.15, 0.2) is 0 Å². The highest BCUT2D eigenvalue weighted by Crippen LogP contribution is 2.35. The number of fused-ring (bicyclic) bond motifs is 1. The lowest BCUT2D eigenvalue weighted by Crippen LogP contribution is -2.27. The third-order valence-electron chi connectivity index (χ3n) is 5.71. The molecular formula is C27H21BrN2O2S. The van der Waals surface area contributed by atoms with E-state index in [1.165, 1.54) is 16.0 Å². The molecule has 0 bridgehead atoms. The number of para-hydroxylation sites is 1. The Kier molecular flexibility index (Phi) is 5.96. The van der Waals surface area contributed by atoms with Gasteiger partial charge in [0, 0.05) is 33.7 Å². The summed E-state index contributed by atoms with van der Waals surface area (Å²) in [5, 5.41) is 0.821. The molecule has 0 aliphatic carbocycles. The van der Waals surface area contributed by atoms with Crippen molar-refractivity contribution in [2.45, 2.75) is 20.0 Å². The Morgan fingerprint density at radius 1 is 0.879 bits per heavy atom. The first-order chi connectivity index (χ1) is 16.0.